The number of thiazole rings is 1. The molecule has 3 saturated carbocycles. The van der Waals surface area contributed by atoms with Gasteiger partial charge in [0.2, 0.25) is 21.8 Å². The highest BCUT2D eigenvalue weighted by molar-refractivity contribution is 7.91. The molecule has 0 unspecified atom stereocenters. The summed E-state index contributed by atoms with van der Waals surface area (Å²) in [6.07, 6.45) is 2.23. The van der Waals surface area contributed by atoms with E-state index in [1.165, 1.54) is 22.3 Å². The lowest BCUT2D eigenvalue weighted by Gasteiger charge is -2.26. The lowest BCUT2D eigenvalue weighted by molar-refractivity contribution is -0.140. The predicted octanol–water partition coefficient (Wildman–Crippen LogP) is 5.02. The van der Waals surface area contributed by atoms with Gasteiger partial charge in [0.1, 0.15) is 16.7 Å². The van der Waals surface area contributed by atoms with Gasteiger partial charge in [-0.15, -0.1) is 11.3 Å². The summed E-state index contributed by atoms with van der Waals surface area (Å²) in [5.74, 6) is -4.28. The van der Waals surface area contributed by atoms with Crippen molar-refractivity contribution in [2.75, 3.05) is 18.9 Å². The minimum Gasteiger partial charge on any atom is -0.446 e. The zero-order valence-electron chi connectivity index (χ0n) is 28.1. The van der Waals surface area contributed by atoms with E-state index < -0.39 is 74.3 Å². The number of nitrogens with zero attached hydrogens (tertiary/aromatic N) is 2. The maximum Gasteiger partial charge on any atom is 0.416 e. The Hall–Kier alpha value is -3.99. The minimum absolute atomic E-state index is 0.0466. The molecule has 0 bridgehead atoms. The van der Waals surface area contributed by atoms with Crippen molar-refractivity contribution in [3.63, 3.8) is 0 Å². The van der Waals surface area contributed by atoms with Crippen LogP contribution in [0.2, 0.25) is 0 Å². The van der Waals surface area contributed by atoms with Crippen molar-refractivity contribution >= 4 is 50.9 Å². The van der Waals surface area contributed by atoms with Crippen LogP contribution in [0.5, 0.6) is 0 Å². The van der Waals surface area contributed by atoms with Crippen molar-refractivity contribution in [3.05, 3.63) is 47.0 Å². The first-order chi connectivity index (χ1) is 24.1. The molecule has 2 heterocycles. The van der Waals surface area contributed by atoms with Gasteiger partial charge in [0, 0.05) is 36.1 Å². The summed E-state index contributed by atoms with van der Waals surface area (Å²) in [6.45, 7) is 2.34. The summed E-state index contributed by atoms with van der Waals surface area (Å²) in [4.78, 5) is 61.1. The van der Waals surface area contributed by atoms with Gasteiger partial charge in [-0.3, -0.25) is 24.4 Å². The van der Waals surface area contributed by atoms with Gasteiger partial charge in [0.05, 0.1) is 28.3 Å². The van der Waals surface area contributed by atoms with Gasteiger partial charge >= 0.3 is 12.3 Å². The van der Waals surface area contributed by atoms with E-state index in [1.807, 2.05) is 19.1 Å². The number of sulfonamides is 1. The Labute approximate surface area is 297 Å². The molecule has 17 heteroatoms. The van der Waals surface area contributed by atoms with Crippen LogP contribution in [0.4, 0.5) is 23.7 Å². The second-order valence-electron chi connectivity index (χ2n) is 13.7. The Balaban J connectivity index is 1.22. The zero-order valence-corrected chi connectivity index (χ0v) is 29.8. The SMILES string of the molecule is CCc1cnc(-c2ccc(C(F)(F)F)cc2NC(=O)O[C@@H]2C[C@H]3C(=O)N[C@]4(C(=O)NS(=O)(=O)C5CC5)C[C@H]4/C=C/CCCCN(C)C(=O)[C@@H]3C2)s1. The highest BCUT2D eigenvalue weighted by Crippen LogP contribution is 2.47. The minimum atomic E-state index is -4.69. The molecule has 4 amide bonds. The number of fused-ring (bicyclic) bond motifs is 2. The molecule has 1 aliphatic heterocycles. The number of carbonyl (C=O) groups excluding carboxylic acids is 4. The molecule has 4 aliphatic rings. The van der Waals surface area contributed by atoms with Gasteiger partial charge in [-0.2, -0.15) is 13.2 Å². The van der Waals surface area contributed by atoms with Crippen molar-refractivity contribution in [2.45, 2.75) is 87.8 Å². The van der Waals surface area contributed by atoms with E-state index in [0.29, 0.717) is 43.7 Å². The first-order valence-electron chi connectivity index (χ1n) is 17.0. The molecular weight excluding hydrogens is 712 g/mol. The van der Waals surface area contributed by atoms with E-state index >= 15 is 0 Å². The predicted molar refractivity (Wildman–Crippen MR) is 182 cm³/mol. The standard InChI is InChI=1S/C34H40F3N5O7S2/c1-3-22-18-38-29(50-22)24-12-9-19(34(35,36)37)14-27(24)39-32(46)49-21-15-25-26(16-21)30(44)42(2)13-7-5-4-6-8-20-17-33(20,40-28(25)43)31(45)41-51(47,48)23-10-11-23/h6,8-9,12,14,18,20-21,23,25-26H,3-5,7,10-11,13,15-17H2,1-2H3,(H,39,46)(H,40,43)(H,41,45)/b8-6+/t20-,21-,25-,26-,33-/m1/s1. The Morgan fingerprint density at radius 1 is 1.16 bits per heavy atom. The number of amides is 4. The van der Waals surface area contributed by atoms with Crippen LogP contribution in [0.25, 0.3) is 10.6 Å². The molecule has 3 aliphatic carbocycles. The molecule has 12 nitrogen and oxygen atoms in total. The summed E-state index contributed by atoms with van der Waals surface area (Å²) >= 11 is 1.28. The quantitative estimate of drug-likeness (QED) is 0.333. The molecule has 1 aromatic carbocycles. The fourth-order valence-electron chi connectivity index (χ4n) is 6.79. The third kappa shape index (κ3) is 8.08. The topological polar surface area (TPSA) is 164 Å². The second kappa shape index (κ2) is 14.2. The van der Waals surface area contributed by atoms with E-state index in [1.54, 1.807) is 13.2 Å². The molecule has 0 saturated heterocycles. The van der Waals surface area contributed by atoms with Gasteiger partial charge in [-0.05, 0) is 76.0 Å². The van der Waals surface area contributed by atoms with Crippen molar-refractivity contribution < 1.29 is 45.5 Å². The fraction of sp³-hybridized carbons (Fsp3) is 0.559. The molecule has 6 rings (SSSR count). The Morgan fingerprint density at radius 2 is 1.90 bits per heavy atom. The van der Waals surface area contributed by atoms with E-state index in [9.17, 15) is 40.8 Å². The maximum absolute atomic E-state index is 14.0. The zero-order chi connectivity index (χ0) is 36.7. The molecule has 3 fully saturated rings. The highest BCUT2D eigenvalue weighted by atomic mass is 32.2. The number of benzene rings is 1. The summed E-state index contributed by atoms with van der Waals surface area (Å²) in [6, 6.07) is 2.94. The van der Waals surface area contributed by atoms with Crippen LogP contribution in [0, 0.1) is 17.8 Å². The number of hydrogen-bond donors (Lipinski definition) is 3. The van der Waals surface area contributed by atoms with Crippen LogP contribution >= 0.6 is 11.3 Å². The number of hydrogen-bond acceptors (Lipinski definition) is 9. The van der Waals surface area contributed by atoms with E-state index in [4.69, 9.17) is 4.74 Å². The van der Waals surface area contributed by atoms with Gasteiger partial charge in [-0.25, -0.2) is 18.2 Å². The maximum atomic E-state index is 14.0. The lowest BCUT2D eigenvalue weighted by Crippen LogP contribution is -2.54. The first kappa shape index (κ1) is 36.8. The fourth-order valence-corrected chi connectivity index (χ4v) is 9.04. The third-order valence-electron chi connectivity index (χ3n) is 9.99. The van der Waals surface area contributed by atoms with E-state index in [-0.39, 0.29) is 36.4 Å². The van der Waals surface area contributed by atoms with Crippen molar-refractivity contribution in [2.24, 2.45) is 17.8 Å². The summed E-state index contributed by atoms with van der Waals surface area (Å²) in [5, 5.41) is 4.95. The number of carbonyl (C=O) groups is 4. The van der Waals surface area contributed by atoms with Crippen LogP contribution in [0.15, 0.2) is 36.5 Å². The highest BCUT2D eigenvalue weighted by Gasteiger charge is 2.62. The smallest absolute Gasteiger partial charge is 0.416 e. The number of nitrogens with one attached hydrogen (secondary N) is 3. The number of allylic oxidation sites excluding steroid dienone is 1. The van der Waals surface area contributed by atoms with Gasteiger partial charge in [0.25, 0.3) is 5.91 Å². The largest absolute Gasteiger partial charge is 0.446 e. The van der Waals surface area contributed by atoms with Gasteiger partial charge < -0.3 is 15.0 Å². The molecule has 51 heavy (non-hydrogen) atoms. The van der Waals surface area contributed by atoms with Gasteiger partial charge in [0.15, 0.2) is 0 Å². The number of rotatable bonds is 7. The lowest BCUT2D eigenvalue weighted by atomic mass is 9.93. The molecule has 276 valence electrons. The average Bonchev–Trinajstić information content (AvgIpc) is 3.95. The van der Waals surface area contributed by atoms with Crippen LogP contribution < -0.4 is 15.4 Å². The summed E-state index contributed by atoms with van der Waals surface area (Å²) < 4.78 is 74.1. The molecule has 5 atom stereocenters. The molecule has 1 aromatic heterocycles. The number of aryl methyl sites for hydroxylation is 1. The number of anilines is 1. The molecule has 0 radical (unpaired) electrons. The van der Waals surface area contributed by atoms with Crippen LogP contribution in [0.3, 0.4) is 0 Å². The second-order valence-corrected chi connectivity index (χ2v) is 16.8. The number of alkyl halides is 3. The average molecular weight is 752 g/mol. The van der Waals surface area contributed by atoms with Crippen LogP contribution in [0.1, 0.15) is 68.7 Å². The number of aromatic nitrogens is 1. The van der Waals surface area contributed by atoms with E-state index in [0.717, 1.165) is 23.4 Å². The van der Waals surface area contributed by atoms with Crippen LogP contribution in [-0.2, 0) is 41.7 Å². The summed E-state index contributed by atoms with van der Waals surface area (Å²) in [5.41, 5.74) is -2.41. The molecule has 0 spiro atoms. The summed E-state index contributed by atoms with van der Waals surface area (Å²) in [7, 11) is -2.29. The normalized spacial score (nSPS) is 27.7. The first-order valence-corrected chi connectivity index (χ1v) is 19.4. The monoisotopic (exact) mass is 751 g/mol. The Morgan fingerprint density at radius 3 is 2.59 bits per heavy atom. The van der Waals surface area contributed by atoms with Crippen molar-refractivity contribution in [3.8, 4) is 10.6 Å². The molecule has 3 N–H and O–H groups in total. The van der Waals surface area contributed by atoms with Gasteiger partial charge in [-0.1, -0.05) is 19.1 Å². The van der Waals surface area contributed by atoms with Crippen molar-refractivity contribution in [1.29, 1.82) is 0 Å². The van der Waals surface area contributed by atoms with Crippen molar-refractivity contribution in [1.82, 2.24) is 19.9 Å². The molecule has 2 aromatic rings. The Bertz CT molecular complexity index is 1840. The number of ether oxygens (including phenoxy) is 1. The van der Waals surface area contributed by atoms with E-state index in [2.05, 4.69) is 20.3 Å². The Kier molecular flexibility index (Phi) is 10.2. The van der Waals surface area contributed by atoms with Crippen LogP contribution in [-0.4, -0.2) is 72.6 Å². The number of halogens is 3. The molecular formula is C34H40F3N5O7S2. The third-order valence-corrected chi connectivity index (χ3v) is 13.0.